The first kappa shape index (κ1) is 17.0. The zero-order valence-electron chi connectivity index (χ0n) is 14.0. The van der Waals surface area contributed by atoms with E-state index in [0.29, 0.717) is 37.2 Å². The molecule has 0 N–H and O–H groups in total. The van der Waals surface area contributed by atoms with Gasteiger partial charge in [0.1, 0.15) is 0 Å². The molecule has 3 heterocycles. The Bertz CT molecular complexity index is 885. The molecule has 7 nitrogen and oxygen atoms in total. The third-order valence-electron chi connectivity index (χ3n) is 4.32. The minimum Gasteiger partial charge on any atom is -0.459 e. The Balaban J connectivity index is 1.35. The first-order valence-corrected chi connectivity index (χ1v) is 9.12. The van der Waals surface area contributed by atoms with E-state index in [2.05, 4.69) is 31.0 Å². The molecule has 0 spiro atoms. The van der Waals surface area contributed by atoms with Crippen molar-refractivity contribution in [2.24, 2.45) is 0 Å². The van der Waals surface area contributed by atoms with E-state index in [0.717, 1.165) is 23.1 Å². The Labute approximate surface area is 158 Å². The van der Waals surface area contributed by atoms with Gasteiger partial charge in [0.15, 0.2) is 5.76 Å². The van der Waals surface area contributed by atoms with E-state index < -0.39 is 0 Å². The molecule has 8 heteroatoms. The maximum atomic E-state index is 12.3. The van der Waals surface area contributed by atoms with E-state index in [1.54, 1.807) is 17.0 Å². The van der Waals surface area contributed by atoms with Crippen LogP contribution in [0.3, 0.4) is 0 Å². The van der Waals surface area contributed by atoms with Gasteiger partial charge in [0.05, 0.1) is 18.4 Å². The van der Waals surface area contributed by atoms with E-state index in [1.165, 1.54) is 6.26 Å². The monoisotopic (exact) mass is 416 g/mol. The summed E-state index contributed by atoms with van der Waals surface area (Å²) in [5.41, 5.74) is 0.875. The van der Waals surface area contributed by atoms with Crippen molar-refractivity contribution in [2.75, 3.05) is 26.2 Å². The highest BCUT2D eigenvalue weighted by Gasteiger charge is 2.24. The second kappa shape index (κ2) is 7.43. The smallest absolute Gasteiger partial charge is 0.289 e. The number of hydrogen-bond donors (Lipinski definition) is 0. The highest BCUT2D eigenvalue weighted by atomic mass is 79.9. The number of halogens is 1. The molecular formula is C18H17BrN4O3. The number of furan rings is 1. The molecule has 0 bridgehead atoms. The predicted molar refractivity (Wildman–Crippen MR) is 97.3 cm³/mol. The van der Waals surface area contributed by atoms with Crippen LogP contribution < -0.4 is 0 Å². The summed E-state index contributed by atoms with van der Waals surface area (Å²) in [6.45, 7) is 3.36. The Morgan fingerprint density at radius 3 is 2.62 bits per heavy atom. The highest BCUT2D eigenvalue weighted by Crippen LogP contribution is 2.27. The van der Waals surface area contributed by atoms with Crippen LogP contribution in [0.5, 0.6) is 0 Å². The quantitative estimate of drug-likeness (QED) is 0.650. The van der Waals surface area contributed by atoms with Crippen LogP contribution in [0.15, 0.2) is 56.0 Å². The van der Waals surface area contributed by atoms with Crippen molar-refractivity contribution in [3.05, 3.63) is 58.8 Å². The largest absolute Gasteiger partial charge is 0.459 e. The van der Waals surface area contributed by atoms with Crippen LogP contribution in [-0.2, 0) is 6.54 Å². The van der Waals surface area contributed by atoms with E-state index in [4.69, 9.17) is 8.83 Å². The van der Waals surface area contributed by atoms with Crippen LogP contribution in [0.4, 0.5) is 0 Å². The highest BCUT2D eigenvalue weighted by molar-refractivity contribution is 9.10. The summed E-state index contributed by atoms with van der Waals surface area (Å²) in [7, 11) is 0. The van der Waals surface area contributed by atoms with Gasteiger partial charge in [-0.15, -0.1) is 10.2 Å². The topological polar surface area (TPSA) is 75.6 Å². The third-order valence-corrected chi connectivity index (χ3v) is 5.01. The molecular weight excluding hydrogens is 400 g/mol. The fourth-order valence-corrected chi connectivity index (χ4v) is 3.37. The lowest BCUT2D eigenvalue weighted by molar-refractivity contribution is 0.0588. The zero-order chi connectivity index (χ0) is 17.9. The molecule has 2 aromatic heterocycles. The van der Waals surface area contributed by atoms with Crippen molar-refractivity contribution in [3.63, 3.8) is 0 Å². The first-order valence-electron chi connectivity index (χ1n) is 8.33. The summed E-state index contributed by atoms with van der Waals surface area (Å²) in [5.74, 6) is 1.39. The van der Waals surface area contributed by atoms with Crippen LogP contribution in [0.2, 0.25) is 0 Å². The molecule has 1 fully saturated rings. The lowest BCUT2D eigenvalue weighted by atomic mass is 10.2. The normalized spacial score (nSPS) is 15.3. The number of hydrogen-bond acceptors (Lipinski definition) is 6. The van der Waals surface area contributed by atoms with E-state index >= 15 is 0 Å². The maximum Gasteiger partial charge on any atom is 0.289 e. The number of carbonyl (C=O) groups excluding carboxylic acids is 1. The van der Waals surface area contributed by atoms with Crippen LogP contribution in [0.1, 0.15) is 16.4 Å². The second-order valence-corrected chi connectivity index (χ2v) is 6.88. The lowest BCUT2D eigenvalue weighted by Crippen LogP contribution is -2.48. The van der Waals surface area contributed by atoms with Crippen LogP contribution in [0, 0.1) is 0 Å². The standard InChI is InChI=1S/C18H17BrN4O3/c19-14-5-2-1-4-13(14)17-21-20-16(26-17)12-22-7-9-23(10-8-22)18(24)15-6-3-11-25-15/h1-6,11H,7-10,12H2. The third kappa shape index (κ3) is 3.56. The molecule has 1 aliphatic rings. The first-order chi connectivity index (χ1) is 12.7. The van der Waals surface area contributed by atoms with Crippen molar-refractivity contribution in [1.82, 2.24) is 20.0 Å². The van der Waals surface area contributed by atoms with Gasteiger partial charge < -0.3 is 13.7 Å². The van der Waals surface area contributed by atoms with Gasteiger partial charge in [-0.3, -0.25) is 9.69 Å². The number of amides is 1. The van der Waals surface area contributed by atoms with Gasteiger partial charge in [0.25, 0.3) is 5.91 Å². The van der Waals surface area contributed by atoms with Crippen LogP contribution in [-0.4, -0.2) is 52.1 Å². The number of aromatic nitrogens is 2. The van der Waals surface area contributed by atoms with Crippen molar-refractivity contribution in [1.29, 1.82) is 0 Å². The Morgan fingerprint density at radius 1 is 1.08 bits per heavy atom. The SMILES string of the molecule is O=C(c1ccco1)N1CCN(Cc2nnc(-c3ccccc3Br)o2)CC1. The van der Waals surface area contributed by atoms with Gasteiger partial charge in [-0.25, -0.2) is 0 Å². The van der Waals surface area contributed by atoms with Crippen molar-refractivity contribution >= 4 is 21.8 Å². The summed E-state index contributed by atoms with van der Waals surface area (Å²) in [4.78, 5) is 16.3. The number of piperazine rings is 1. The fraction of sp³-hybridized carbons (Fsp3) is 0.278. The predicted octanol–water partition coefficient (Wildman–Crippen LogP) is 3.05. The van der Waals surface area contributed by atoms with Crippen LogP contribution >= 0.6 is 15.9 Å². The molecule has 0 radical (unpaired) electrons. The van der Waals surface area contributed by atoms with Gasteiger partial charge >= 0.3 is 0 Å². The van der Waals surface area contributed by atoms with E-state index in [-0.39, 0.29) is 5.91 Å². The summed E-state index contributed by atoms with van der Waals surface area (Å²) < 4.78 is 11.9. The number of carbonyl (C=O) groups is 1. The number of benzene rings is 1. The van der Waals surface area contributed by atoms with Gasteiger partial charge in [-0.05, 0) is 40.2 Å². The van der Waals surface area contributed by atoms with Crippen LogP contribution in [0.25, 0.3) is 11.5 Å². The molecule has 134 valence electrons. The average Bonchev–Trinajstić information content (AvgIpc) is 3.34. The van der Waals surface area contributed by atoms with Gasteiger partial charge in [0, 0.05) is 30.7 Å². The maximum absolute atomic E-state index is 12.3. The van der Waals surface area contributed by atoms with Gasteiger partial charge in [0.2, 0.25) is 11.8 Å². The summed E-state index contributed by atoms with van der Waals surface area (Å²) in [6.07, 6.45) is 1.52. The fourth-order valence-electron chi connectivity index (χ4n) is 2.92. The molecule has 0 unspecified atom stereocenters. The molecule has 26 heavy (non-hydrogen) atoms. The number of rotatable bonds is 4. The van der Waals surface area contributed by atoms with Gasteiger partial charge in [-0.1, -0.05) is 12.1 Å². The molecule has 3 aromatic rings. The number of nitrogens with zero attached hydrogens (tertiary/aromatic N) is 4. The molecule has 1 aliphatic heterocycles. The summed E-state index contributed by atoms with van der Waals surface area (Å²) >= 11 is 3.49. The molecule has 0 atom stereocenters. The lowest BCUT2D eigenvalue weighted by Gasteiger charge is -2.33. The van der Waals surface area contributed by atoms with E-state index in [1.807, 2.05) is 24.3 Å². The minimum absolute atomic E-state index is 0.0661. The minimum atomic E-state index is -0.0661. The van der Waals surface area contributed by atoms with Gasteiger partial charge in [-0.2, -0.15) is 0 Å². The summed E-state index contributed by atoms with van der Waals surface area (Å²) in [5, 5.41) is 8.29. The molecule has 1 amide bonds. The molecule has 1 saturated heterocycles. The Hall–Kier alpha value is -2.45. The summed E-state index contributed by atoms with van der Waals surface area (Å²) in [6, 6.07) is 11.2. The van der Waals surface area contributed by atoms with Crippen molar-refractivity contribution in [3.8, 4) is 11.5 Å². The molecule has 4 rings (SSSR count). The van der Waals surface area contributed by atoms with Crippen molar-refractivity contribution < 1.29 is 13.6 Å². The molecule has 0 aliphatic carbocycles. The van der Waals surface area contributed by atoms with E-state index in [9.17, 15) is 4.79 Å². The molecule has 1 aromatic carbocycles. The van der Waals surface area contributed by atoms with Crippen molar-refractivity contribution in [2.45, 2.75) is 6.54 Å². The Morgan fingerprint density at radius 2 is 1.88 bits per heavy atom. The zero-order valence-corrected chi connectivity index (χ0v) is 15.6. The molecule has 0 saturated carbocycles. The Kier molecular flexibility index (Phi) is 4.85. The average molecular weight is 417 g/mol. The second-order valence-electron chi connectivity index (χ2n) is 6.03.